The van der Waals surface area contributed by atoms with Gasteiger partial charge < -0.3 is 16.0 Å². The number of nitrogens with two attached hydrogens (primary N) is 2. The molecule has 0 unspecified atom stereocenters. The monoisotopic (exact) mass is 267 g/mol. The van der Waals surface area contributed by atoms with Crippen LogP contribution in [0.3, 0.4) is 0 Å². The number of benzene rings is 1. The van der Waals surface area contributed by atoms with E-state index in [0.717, 1.165) is 27.5 Å². The first-order valence-electron chi connectivity index (χ1n) is 4.88. The van der Waals surface area contributed by atoms with Crippen LogP contribution in [-0.4, -0.2) is 11.1 Å². The molecule has 1 aromatic heterocycles. The Bertz CT molecular complexity index is 502. The standard InChI is InChI=1S/C11H14BrN3/c1-15-8-4-2-3-7(14)10(8)11(12)9(15)5-6-13/h2-4H,5-6,13-14H2,1H3. The lowest BCUT2D eigenvalue weighted by Crippen LogP contribution is -2.06. The van der Waals surface area contributed by atoms with Crippen LogP contribution in [0.25, 0.3) is 10.9 Å². The van der Waals surface area contributed by atoms with Crippen molar-refractivity contribution in [3.63, 3.8) is 0 Å². The molecule has 0 radical (unpaired) electrons. The lowest BCUT2D eigenvalue weighted by molar-refractivity contribution is 0.823. The van der Waals surface area contributed by atoms with E-state index in [-0.39, 0.29) is 0 Å². The Balaban J connectivity index is 2.79. The Labute approximate surface area is 97.2 Å². The molecule has 80 valence electrons. The number of aryl methyl sites for hydroxylation is 1. The Morgan fingerprint density at radius 3 is 2.73 bits per heavy atom. The lowest BCUT2D eigenvalue weighted by Gasteiger charge is -2.02. The Kier molecular flexibility index (Phi) is 2.71. The summed E-state index contributed by atoms with van der Waals surface area (Å²) in [5, 5.41) is 1.09. The molecule has 0 atom stereocenters. The molecule has 0 bridgehead atoms. The van der Waals surface area contributed by atoms with Gasteiger partial charge in [0.25, 0.3) is 0 Å². The van der Waals surface area contributed by atoms with Gasteiger partial charge in [0.2, 0.25) is 0 Å². The fourth-order valence-electron chi connectivity index (χ4n) is 1.93. The van der Waals surface area contributed by atoms with Crippen LogP contribution in [0.15, 0.2) is 22.7 Å². The molecule has 0 saturated heterocycles. The summed E-state index contributed by atoms with van der Waals surface area (Å²) in [6, 6.07) is 5.95. The third-order valence-corrected chi connectivity index (χ3v) is 3.55. The number of nitrogens with zero attached hydrogens (tertiary/aromatic N) is 1. The molecular formula is C11H14BrN3. The summed E-state index contributed by atoms with van der Waals surface area (Å²) < 4.78 is 3.21. The molecule has 2 rings (SSSR count). The van der Waals surface area contributed by atoms with Crippen molar-refractivity contribution in [2.24, 2.45) is 12.8 Å². The zero-order valence-corrected chi connectivity index (χ0v) is 10.2. The average Bonchev–Trinajstić information content (AvgIpc) is 2.45. The summed E-state index contributed by atoms with van der Waals surface area (Å²) in [5.74, 6) is 0. The minimum Gasteiger partial charge on any atom is -0.398 e. The van der Waals surface area contributed by atoms with Crippen molar-refractivity contribution >= 4 is 32.5 Å². The van der Waals surface area contributed by atoms with E-state index < -0.39 is 0 Å². The van der Waals surface area contributed by atoms with Crippen molar-refractivity contribution in [2.45, 2.75) is 6.42 Å². The average molecular weight is 268 g/mol. The van der Waals surface area contributed by atoms with Gasteiger partial charge in [0.15, 0.2) is 0 Å². The van der Waals surface area contributed by atoms with Crippen LogP contribution in [0, 0.1) is 0 Å². The first kappa shape index (κ1) is 10.5. The predicted octanol–water partition coefficient (Wildman–Crippen LogP) is 2.02. The van der Waals surface area contributed by atoms with Crippen LogP contribution in [0.4, 0.5) is 5.69 Å². The molecule has 0 aliphatic heterocycles. The van der Waals surface area contributed by atoms with Crippen LogP contribution >= 0.6 is 15.9 Å². The zero-order chi connectivity index (χ0) is 11.0. The normalized spacial score (nSPS) is 11.1. The number of anilines is 1. The molecule has 0 spiro atoms. The maximum Gasteiger partial charge on any atom is 0.0512 e. The van der Waals surface area contributed by atoms with E-state index in [1.807, 2.05) is 19.2 Å². The number of rotatable bonds is 2. The molecule has 4 heteroatoms. The Hall–Kier alpha value is -1.00. The lowest BCUT2D eigenvalue weighted by atomic mass is 10.2. The quantitative estimate of drug-likeness (QED) is 0.819. The number of hydrogen-bond acceptors (Lipinski definition) is 2. The second kappa shape index (κ2) is 3.87. The van der Waals surface area contributed by atoms with Gasteiger partial charge >= 0.3 is 0 Å². The van der Waals surface area contributed by atoms with Gasteiger partial charge in [-0.25, -0.2) is 0 Å². The molecular weight excluding hydrogens is 254 g/mol. The summed E-state index contributed by atoms with van der Waals surface area (Å²) in [6.07, 6.45) is 0.852. The minimum absolute atomic E-state index is 0.642. The van der Waals surface area contributed by atoms with E-state index in [4.69, 9.17) is 11.5 Å². The fourth-order valence-corrected chi connectivity index (χ4v) is 2.82. The highest BCUT2D eigenvalue weighted by atomic mass is 79.9. The molecule has 0 fully saturated rings. The summed E-state index contributed by atoms with van der Waals surface area (Å²) in [4.78, 5) is 0. The molecule has 0 saturated carbocycles. The highest BCUT2D eigenvalue weighted by Crippen LogP contribution is 2.34. The third-order valence-electron chi connectivity index (χ3n) is 2.69. The summed E-state index contributed by atoms with van der Waals surface area (Å²) in [6.45, 7) is 0.642. The van der Waals surface area contributed by atoms with Crippen molar-refractivity contribution in [3.05, 3.63) is 28.4 Å². The van der Waals surface area contributed by atoms with Crippen molar-refractivity contribution in [3.8, 4) is 0 Å². The van der Waals surface area contributed by atoms with Crippen molar-refractivity contribution < 1.29 is 0 Å². The Morgan fingerprint density at radius 2 is 2.13 bits per heavy atom. The van der Waals surface area contributed by atoms with Crippen LogP contribution in [0.1, 0.15) is 5.69 Å². The number of nitrogen functional groups attached to an aromatic ring is 1. The van der Waals surface area contributed by atoms with Crippen LogP contribution < -0.4 is 11.5 Å². The molecule has 1 aromatic carbocycles. The van der Waals surface area contributed by atoms with E-state index in [2.05, 4.69) is 26.6 Å². The topological polar surface area (TPSA) is 57.0 Å². The van der Waals surface area contributed by atoms with Gasteiger partial charge in [0.05, 0.1) is 5.52 Å². The highest BCUT2D eigenvalue weighted by molar-refractivity contribution is 9.10. The molecule has 4 N–H and O–H groups in total. The van der Waals surface area contributed by atoms with E-state index in [1.165, 1.54) is 5.69 Å². The predicted molar refractivity (Wildman–Crippen MR) is 67.8 cm³/mol. The first-order chi connectivity index (χ1) is 7.16. The van der Waals surface area contributed by atoms with Gasteiger partial charge in [-0.15, -0.1) is 0 Å². The molecule has 0 aliphatic rings. The minimum atomic E-state index is 0.642. The van der Waals surface area contributed by atoms with E-state index in [0.29, 0.717) is 6.54 Å². The van der Waals surface area contributed by atoms with Gasteiger partial charge in [-0.05, 0) is 34.6 Å². The second-order valence-electron chi connectivity index (χ2n) is 3.60. The summed E-state index contributed by atoms with van der Waals surface area (Å²) >= 11 is 3.60. The van der Waals surface area contributed by atoms with Crippen molar-refractivity contribution in [1.29, 1.82) is 0 Å². The van der Waals surface area contributed by atoms with E-state index in [9.17, 15) is 0 Å². The number of fused-ring (bicyclic) bond motifs is 1. The smallest absolute Gasteiger partial charge is 0.0512 e. The molecule has 3 nitrogen and oxygen atoms in total. The van der Waals surface area contributed by atoms with Crippen molar-refractivity contribution in [1.82, 2.24) is 4.57 Å². The van der Waals surface area contributed by atoms with Crippen LogP contribution in [-0.2, 0) is 13.5 Å². The van der Waals surface area contributed by atoms with E-state index >= 15 is 0 Å². The fraction of sp³-hybridized carbons (Fsp3) is 0.273. The number of aromatic nitrogens is 1. The summed E-state index contributed by atoms with van der Waals surface area (Å²) in [7, 11) is 2.04. The maximum atomic E-state index is 5.96. The van der Waals surface area contributed by atoms with Gasteiger partial charge in [-0.1, -0.05) is 6.07 Å². The van der Waals surface area contributed by atoms with Gasteiger partial charge in [-0.3, -0.25) is 0 Å². The molecule has 0 amide bonds. The van der Waals surface area contributed by atoms with E-state index in [1.54, 1.807) is 0 Å². The molecule has 15 heavy (non-hydrogen) atoms. The van der Waals surface area contributed by atoms with Gasteiger partial charge in [-0.2, -0.15) is 0 Å². The van der Waals surface area contributed by atoms with Gasteiger partial charge in [0.1, 0.15) is 0 Å². The number of hydrogen-bond donors (Lipinski definition) is 2. The largest absolute Gasteiger partial charge is 0.398 e. The first-order valence-corrected chi connectivity index (χ1v) is 5.67. The third kappa shape index (κ3) is 1.54. The Morgan fingerprint density at radius 1 is 1.40 bits per heavy atom. The molecule has 0 aliphatic carbocycles. The van der Waals surface area contributed by atoms with Crippen LogP contribution in [0.5, 0.6) is 0 Å². The number of halogens is 1. The maximum absolute atomic E-state index is 5.96. The molecule has 2 aromatic rings. The SMILES string of the molecule is Cn1c(CCN)c(Br)c2c(N)cccc21. The van der Waals surface area contributed by atoms with Crippen molar-refractivity contribution in [2.75, 3.05) is 12.3 Å². The highest BCUT2D eigenvalue weighted by Gasteiger charge is 2.13. The second-order valence-corrected chi connectivity index (χ2v) is 4.39. The van der Waals surface area contributed by atoms with Gasteiger partial charge in [0, 0.05) is 34.7 Å². The summed E-state index contributed by atoms with van der Waals surface area (Å²) in [5.41, 5.74) is 14.7. The molecule has 1 heterocycles. The zero-order valence-electron chi connectivity index (χ0n) is 8.63. The van der Waals surface area contributed by atoms with Crippen LogP contribution in [0.2, 0.25) is 0 Å².